The summed E-state index contributed by atoms with van der Waals surface area (Å²) < 4.78 is 47.6. The van der Waals surface area contributed by atoms with Gasteiger partial charge in [0.2, 0.25) is 0 Å². The lowest BCUT2D eigenvalue weighted by atomic mass is 9.98. The normalized spacial score (nSPS) is 16.8. The third-order valence-corrected chi connectivity index (χ3v) is 3.96. The van der Waals surface area contributed by atoms with E-state index in [1.807, 2.05) is 6.92 Å². The van der Waals surface area contributed by atoms with Gasteiger partial charge in [-0.1, -0.05) is 0 Å². The first kappa shape index (κ1) is 18.6. The topological polar surface area (TPSA) is 38.8 Å². The molecule has 7 heteroatoms. The van der Waals surface area contributed by atoms with Gasteiger partial charge in [0.25, 0.3) is 0 Å². The first-order valence-electron chi connectivity index (χ1n) is 8.06. The Hall–Kier alpha value is -1.76. The third-order valence-electron chi connectivity index (χ3n) is 3.96. The molecule has 0 spiro atoms. The van der Waals surface area contributed by atoms with Crippen LogP contribution in [0.1, 0.15) is 30.1 Å². The number of nitrogens with zero attached hydrogens (tertiary/aromatic N) is 1. The summed E-state index contributed by atoms with van der Waals surface area (Å²) in [6.07, 6.45) is -2.95. The minimum absolute atomic E-state index is 0.112. The van der Waals surface area contributed by atoms with Crippen LogP contribution in [0.3, 0.4) is 0 Å². The first-order valence-corrected chi connectivity index (χ1v) is 8.06. The molecule has 0 saturated carbocycles. The van der Waals surface area contributed by atoms with Crippen molar-refractivity contribution >= 4 is 5.97 Å². The Morgan fingerprint density at radius 3 is 2.38 bits per heavy atom. The maximum Gasteiger partial charge on any atom is 0.401 e. The Balaban J connectivity index is 1.73. The van der Waals surface area contributed by atoms with E-state index < -0.39 is 18.7 Å². The third kappa shape index (κ3) is 6.03. The zero-order chi connectivity index (χ0) is 17.6. The Morgan fingerprint density at radius 1 is 1.21 bits per heavy atom. The summed E-state index contributed by atoms with van der Waals surface area (Å²) in [6, 6.07) is 6.68. The van der Waals surface area contributed by atoms with Gasteiger partial charge in [-0.25, -0.2) is 4.79 Å². The van der Waals surface area contributed by atoms with Gasteiger partial charge in [0, 0.05) is 0 Å². The molecule has 0 bridgehead atoms. The number of likely N-dealkylation sites (tertiary alicyclic amines) is 1. The molecule has 1 saturated heterocycles. The summed E-state index contributed by atoms with van der Waals surface area (Å²) in [7, 11) is 0. The zero-order valence-electron chi connectivity index (χ0n) is 13.6. The highest BCUT2D eigenvalue weighted by atomic mass is 19.4. The van der Waals surface area contributed by atoms with Gasteiger partial charge < -0.3 is 9.47 Å². The lowest BCUT2D eigenvalue weighted by Gasteiger charge is -2.31. The monoisotopic (exact) mass is 345 g/mol. The summed E-state index contributed by atoms with van der Waals surface area (Å²) in [4.78, 5) is 13.4. The highest BCUT2D eigenvalue weighted by Crippen LogP contribution is 2.23. The Kier molecular flexibility index (Phi) is 6.48. The highest BCUT2D eigenvalue weighted by Gasteiger charge is 2.32. The number of hydrogen-bond donors (Lipinski definition) is 0. The molecule has 1 fully saturated rings. The van der Waals surface area contributed by atoms with E-state index in [0.29, 0.717) is 43.9 Å². The number of piperidine rings is 1. The van der Waals surface area contributed by atoms with E-state index in [-0.39, 0.29) is 12.5 Å². The molecule has 0 amide bonds. The molecule has 0 unspecified atom stereocenters. The number of carbonyl (C=O) groups is 1. The van der Waals surface area contributed by atoms with Crippen molar-refractivity contribution in [3.63, 3.8) is 0 Å². The van der Waals surface area contributed by atoms with Crippen molar-refractivity contribution < 1.29 is 27.4 Å². The molecule has 0 aromatic heterocycles. The standard InChI is InChI=1S/C17H22F3NO3/c1-2-23-15-5-3-14(4-6-15)16(22)24-11-13-7-9-21(10-8-13)12-17(18,19)20/h3-6,13H,2,7-12H2,1H3. The predicted octanol–water partition coefficient (Wildman–Crippen LogP) is 3.52. The smallest absolute Gasteiger partial charge is 0.401 e. The average molecular weight is 345 g/mol. The lowest BCUT2D eigenvalue weighted by molar-refractivity contribution is -0.148. The Morgan fingerprint density at radius 2 is 1.83 bits per heavy atom. The van der Waals surface area contributed by atoms with Gasteiger partial charge in [0.1, 0.15) is 5.75 Å². The highest BCUT2D eigenvalue weighted by molar-refractivity contribution is 5.89. The molecule has 0 N–H and O–H groups in total. The van der Waals surface area contributed by atoms with Crippen molar-refractivity contribution in [2.45, 2.75) is 25.9 Å². The summed E-state index contributed by atoms with van der Waals surface area (Å²) in [5, 5.41) is 0. The molecule has 24 heavy (non-hydrogen) atoms. The van der Waals surface area contributed by atoms with Crippen LogP contribution in [0.4, 0.5) is 13.2 Å². The number of rotatable bonds is 6. The largest absolute Gasteiger partial charge is 0.494 e. The van der Waals surface area contributed by atoms with Gasteiger partial charge >= 0.3 is 12.1 Å². The minimum Gasteiger partial charge on any atom is -0.494 e. The Labute approximate surface area is 139 Å². The number of carbonyl (C=O) groups excluding carboxylic acids is 1. The van der Waals surface area contributed by atoms with E-state index in [1.54, 1.807) is 24.3 Å². The van der Waals surface area contributed by atoms with Crippen LogP contribution >= 0.6 is 0 Å². The second kappa shape index (κ2) is 8.37. The van der Waals surface area contributed by atoms with Gasteiger partial charge in [-0.05, 0) is 63.0 Å². The van der Waals surface area contributed by atoms with Crippen LogP contribution in [0.25, 0.3) is 0 Å². The van der Waals surface area contributed by atoms with Crippen molar-refractivity contribution in [1.29, 1.82) is 0 Å². The van der Waals surface area contributed by atoms with Gasteiger partial charge in [0.05, 0.1) is 25.3 Å². The van der Waals surface area contributed by atoms with Crippen LogP contribution in [-0.2, 0) is 4.74 Å². The summed E-state index contributed by atoms with van der Waals surface area (Å²) in [5.74, 6) is 0.378. The lowest BCUT2D eigenvalue weighted by Crippen LogP contribution is -2.40. The molecule has 1 aromatic carbocycles. The second-order valence-electron chi connectivity index (χ2n) is 5.89. The predicted molar refractivity (Wildman–Crippen MR) is 83.1 cm³/mol. The number of ether oxygens (including phenoxy) is 2. The maximum atomic E-state index is 12.3. The van der Waals surface area contributed by atoms with Crippen LogP contribution in [0.15, 0.2) is 24.3 Å². The first-order chi connectivity index (χ1) is 11.4. The molecule has 0 radical (unpaired) electrons. The fourth-order valence-electron chi connectivity index (χ4n) is 2.70. The van der Waals surface area contributed by atoms with Crippen molar-refractivity contribution in [3.8, 4) is 5.75 Å². The van der Waals surface area contributed by atoms with E-state index in [4.69, 9.17) is 9.47 Å². The van der Waals surface area contributed by atoms with Gasteiger partial charge in [0.15, 0.2) is 0 Å². The van der Waals surface area contributed by atoms with Crippen molar-refractivity contribution in [3.05, 3.63) is 29.8 Å². The van der Waals surface area contributed by atoms with E-state index in [2.05, 4.69) is 0 Å². The van der Waals surface area contributed by atoms with Crippen LogP contribution < -0.4 is 4.74 Å². The van der Waals surface area contributed by atoms with E-state index in [0.717, 1.165) is 0 Å². The fraction of sp³-hybridized carbons (Fsp3) is 0.588. The van der Waals surface area contributed by atoms with Gasteiger partial charge in [-0.2, -0.15) is 13.2 Å². The minimum atomic E-state index is -4.16. The van der Waals surface area contributed by atoms with Crippen molar-refractivity contribution in [2.75, 3.05) is 32.8 Å². The molecule has 134 valence electrons. The van der Waals surface area contributed by atoms with E-state index in [1.165, 1.54) is 4.90 Å². The molecular formula is C17H22F3NO3. The van der Waals surface area contributed by atoms with Crippen molar-refractivity contribution in [1.82, 2.24) is 4.90 Å². The molecule has 1 aliphatic rings. The maximum absolute atomic E-state index is 12.3. The van der Waals surface area contributed by atoms with Crippen LogP contribution in [-0.4, -0.2) is 49.9 Å². The summed E-state index contributed by atoms with van der Waals surface area (Å²) in [6.45, 7) is 2.56. The zero-order valence-corrected chi connectivity index (χ0v) is 13.6. The quantitative estimate of drug-likeness (QED) is 0.740. The second-order valence-corrected chi connectivity index (χ2v) is 5.89. The van der Waals surface area contributed by atoms with E-state index in [9.17, 15) is 18.0 Å². The molecule has 0 atom stereocenters. The summed E-state index contributed by atoms with van der Waals surface area (Å²) >= 11 is 0. The van der Waals surface area contributed by atoms with Gasteiger partial charge in [-0.3, -0.25) is 4.90 Å². The number of esters is 1. The van der Waals surface area contributed by atoms with Crippen LogP contribution in [0.5, 0.6) is 5.75 Å². The van der Waals surface area contributed by atoms with E-state index >= 15 is 0 Å². The SMILES string of the molecule is CCOc1ccc(C(=O)OCC2CCN(CC(F)(F)F)CC2)cc1. The number of benzene rings is 1. The molecule has 1 aliphatic heterocycles. The number of hydrogen-bond acceptors (Lipinski definition) is 4. The Bertz CT molecular complexity index is 523. The van der Waals surface area contributed by atoms with Crippen LogP contribution in [0.2, 0.25) is 0 Å². The number of halogens is 3. The number of alkyl halides is 3. The van der Waals surface area contributed by atoms with Crippen LogP contribution in [0, 0.1) is 5.92 Å². The molecule has 2 rings (SSSR count). The van der Waals surface area contributed by atoms with Gasteiger partial charge in [-0.15, -0.1) is 0 Å². The molecule has 0 aliphatic carbocycles. The molecular weight excluding hydrogens is 323 g/mol. The molecule has 1 heterocycles. The molecule has 1 aromatic rings. The average Bonchev–Trinajstić information content (AvgIpc) is 2.53. The molecule has 4 nitrogen and oxygen atoms in total. The fourth-order valence-corrected chi connectivity index (χ4v) is 2.70. The summed E-state index contributed by atoms with van der Waals surface area (Å²) in [5.41, 5.74) is 0.438. The van der Waals surface area contributed by atoms with Crippen molar-refractivity contribution in [2.24, 2.45) is 5.92 Å².